The first-order valence-corrected chi connectivity index (χ1v) is 12.8. The highest BCUT2D eigenvalue weighted by molar-refractivity contribution is 7.89. The summed E-state index contributed by atoms with van der Waals surface area (Å²) in [5.41, 5.74) is 1.61. The number of fused-ring (bicyclic) bond motifs is 1. The molecular weight excluding hydrogens is 466 g/mol. The van der Waals surface area contributed by atoms with Crippen LogP contribution in [0.1, 0.15) is 28.4 Å². The van der Waals surface area contributed by atoms with Gasteiger partial charge in [-0.25, -0.2) is 13.1 Å². The van der Waals surface area contributed by atoms with E-state index in [1.54, 1.807) is 30.3 Å². The Labute approximate surface area is 205 Å². The lowest BCUT2D eigenvalue weighted by Gasteiger charge is -2.23. The van der Waals surface area contributed by atoms with Crippen molar-refractivity contribution in [2.45, 2.75) is 17.4 Å². The van der Waals surface area contributed by atoms with Gasteiger partial charge in [0.15, 0.2) is 11.5 Å². The topological polar surface area (TPSA) is 97.0 Å². The van der Waals surface area contributed by atoms with Crippen molar-refractivity contribution in [2.24, 2.45) is 0 Å². The molecule has 3 aromatic rings. The molecule has 0 aromatic heterocycles. The highest BCUT2D eigenvalue weighted by atomic mass is 32.2. The van der Waals surface area contributed by atoms with Crippen LogP contribution in [-0.4, -0.2) is 53.1 Å². The smallest absolute Gasteiger partial charge is 0.255 e. The van der Waals surface area contributed by atoms with E-state index in [0.29, 0.717) is 36.9 Å². The highest BCUT2D eigenvalue weighted by Crippen LogP contribution is 2.32. The Balaban J connectivity index is 1.52. The molecule has 1 amide bonds. The summed E-state index contributed by atoms with van der Waals surface area (Å²) < 4.78 is 40.5. The molecule has 0 radical (unpaired) electrons. The molecule has 2 N–H and O–H groups in total. The van der Waals surface area contributed by atoms with Gasteiger partial charge >= 0.3 is 0 Å². The molecule has 0 bridgehead atoms. The van der Waals surface area contributed by atoms with Crippen LogP contribution in [0.25, 0.3) is 0 Å². The number of rotatable bonds is 8. The van der Waals surface area contributed by atoms with Crippen LogP contribution in [0.15, 0.2) is 77.7 Å². The van der Waals surface area contributed by atoms with Gasteiger partial charge in [-0.3, -0.25) is 4.79 Å². The summed E-state index contributed by atoms with van der Waals surface area (Å²) in [5, 5.41) is 2.80. The Morgan fingerprint density at radius 1 is 0.943 bits per heavy atom. The zero-order chi connectivity index (χ0) is 24.8. The molecule has 3 aromatic carbocycles. The molecular formula is C26H29N3O5S. The quantitative estimate of drug-likeness (QED) is 0.495. The predicted octanol–water partition coefficient (Wildman–Crippen LogP) is 3.68. The van der Waals surface area contributed by atoms with E-state index in [4.69, 9.17) is 9.47 Å². The molecule has 0 saturated carbocycles. The molecule has 8 nitrogen and oxygen atoms in total. The van der Waals surface area contributed by atoms with Gasteiger partial charge in [-0.05, 0) is 50.0 Å². The average molecular weight is 496 g/mol. The van der Waals surface area contributed by atoms with E-state index in [9.17, 15) is 13.2 Å². The van der Waals surface area contributed by atoms with Crippen LogP contribution in [-0.2, 0) is 10.0 Å². The maximum absolute atomic E-state index is 13.2. The van der Waals surface area contributed by atoms with Crippen LogP contribution in [0.2, 0.25) is 0 Å². The molecule has 0 unspecified atom stereocenters. The lowest BCUT2D eigenvalue weighted by atomic mass is 10.1. The van der Waals surface area contributed by atoms with Crippen LogP contribution in [0.3, 0.4) is 0 Å². The van der Waals surface area contributed by atoms with Crippen molar-refractivity contribution < 1.29 is 22.7 Å². The van der Waals surface area contributed by atoms with Crippen LogP contribution in [0, 0.1) is 0 Å². The second kappa shape index (κ2) is 10.9. The van der Waals surface area contributed by atoms with Gasteiger partial charge in [-0.1, -0.05) is 36.4 Å². The first kappa shape index (κ1) is 24.7. The third kappa shape index (κ3) is 6.39. The summed E-state index contributed by atoms with van der Waals surface area (Å²) in [6, 6.07) is 20.1. The number of likely N-dealkylation sites (N-methyl/N-ethyl adjacent to an activating group) is 1. The van der Waals surface area contributed by atoms with E-state index in [1.807, 2.05) is 49.3 Å². The minimum atomic E-state index is -3.89. The van der Waals surface area contributed by atoms with E-state index in [0.717, 1.165) is 12.0 Å². The van der Waals surface area contributed by atoms with Crippen LogP contribution < -0.4 is 19.5 Å². The number of carbonyl (C=O) groups is 1. The van der Waals surface area contributed by atoms with Gasteiger partial charge < -0.3 is 19.7 Å². The molecule has 0 saturated heterocycles. The largest absolute Gasteiger partial charge is 0.490 e. The third-order valence-electron chi connectivity index (χ3n) is 5.46. The summed E-state index contributed by atoms with van der Waals surface area (Å²) in [4.78, 5) is 14.8. The molecule has 4 rings (SSSR count). The van der Waals surface area contributed by atoms with Crippen molar-refractivity contribution in [3.05, 3.63) is 83.9 Å². The van der Waals surface area contributed by atoms with Gasteiger partial charge in [0, 0.05) is 30.3 Å². The molecule has 0 fully saturated rings. The highest BCUT2D eigenvalue weighted by Gasteiger charge is 2.23. The normalized spacial score (nSPS) is 14.3. The molecule has 9 heteroatoms. The SMILES string of the molecule is CN(C)C[C@H](NS(=O)(=O)c1cccc(C(=O)Nc2ccc3c(c2)OCCCO3)c1)c1ccccc1. The summed E-state index contributed by atoms with van der Waals surface area (Å²) in [6.07, 6.45) is 0.783. The molecule has 1 heterocycles. The molecule has 1 aliphatic rings. The number of benzene rings is 3. The summed E-state index contributed by atoms with van der Waals surface area (Å²) in [5.74, 6) is 0.767. The molecule has 184 valence electrons. The lowest BCUT2D eigenvalue weighted by Crippen LogP contribution is -2.35. The second-order valence-electron chi connectivity index (χ2n) is 8.54. The number of hydrogen-bond acceptors (Lipinski definition) is 6. The predicted molar refractivity (Wildman–Crippen MR) is 135 cm³/mol. The van der Waals surface area contributed by atoms with Crippen molar-refractivity contribution in [3.63, 3.8) is 0 Å². The van der Waals surface area contributed by atoms with Crippen molar-refractivity contribution >= 4 is 21.6 Å². The van der Waals surface area contributed by atoms with E-state index in [1.165, 1.54) is 12.1 Å². The Morgan fingerprint density at radius 3 is 2.43 bits per heavy atom. The van der Waals surface area contributed by atoms with Gasteiger partial charge in [-0.2, -0.15) is 0 Å². The van der Waals surface area contributed by atoms with Gasteiger partial charge in [0.25, 0.3) is 5.91 Å². The van der Waals surface area contributed by atoms with Gasteiger partial charge in [-0.15, -0.1) is 0 Å². The lowest BCUT2D eigenvalue weighted by molar-refractivity contribution is 0.102. The maximum atomic E-state index is 13.2. The summed E-state index contributed by atoms with van der Waals surface area (Å²) >= 11 is 0. The first-order valence-electron chi connectivity index (χ1n) is 11.3. The fourth-order valence-electron chi connectivity index (χ4n) is 3.77. The summed E-state index contributed by atoms with van der Waals surface area (Å²) in [6.45, 7) is 1.59. The Hall–Kier alpha value is -3.40. The fourth-order valence-corrected chi connectivity index (χ4v) is 5.03. The van der Waals surface area contributed by atoms with E-state index in [-0.39, 0.29) is 10.5 Å². The number of ether oxygens (including phenoxy) is 2. The van der Waals surface area contributed by atoms with Gasteiger partial charge in [0.2, 0.25) is 10.0 Å². The van der Waals surface area contributed by atoms with Crippen LogP contribution in [0.4, 0.5) is 5.69 Å². The van der Waals surface area contributed by atoms with E-state index in [2.05, 4.69) is 10.0 Å². The van der Waals surface area contributed by atoms with E-state index < -0.39 is 22.0 Å². The first-order chi connectivity index (χ1) is 16.8. The van der Waals surface area contributed by atoms with Crippen molar-refractivity contribution in [1.82, 2.24) is 9.62 Å². The monoisotopic (exact) mass is 495 g/mol. The maximum Gasteiger partial charge on any atom is 0.255 e. The van der Waals surface area contributed by atoms with Crippen molar-refractivity contribution in [2.75, 3.05) is 39.2 Å². The Kier molecular flexibility index (Phi) is 7.70. The molecule has 0 spiro atoms. The number of sulfonamides is 1. The zero-order valence-corrected chi connectivity index (χ0v) is 20.5. The van der Waals surface area contributed by atoms with Gasteiger partial charge in [0.05, 0.1) is 24.2 Å². The number of carbonyl (C=O) groups excluding carboxylic acids is 1. The minimum Gasteiger partial charge on any atom is -0.490 e. The second-order valence-corrected chi connectivity index (χ2v) is 10.3. The van der Waals surface area contributed by atoms with Crippen molar-refractivity contribution in [3.8, 4) is 11.5 Å². The van der Waals surface area contributed by atoms with Crippen LogP contribution >= 0.6 is 0 Å². The number of hydrogen-bond donors (Lipinski definition) is 2. The molecule has 0 aliphatic carbocycles. The Bertz CT molecular complexity index is 1280. The molecule has 1 atom stereocenters. The number of anilines is 1. The van der Waals surface area contributed by atoms with Gasteiger partial charge in [0.1, 0.15) is 0 Å². The number of nitrogens with zero attached hydrogens (tertiary/aromatic N) is 1. The molecule has 1 aliphatic heterocycles. The Morgan fingerprint density at radius 2 is 1.69 bits per heavy atom. The number of amides is 1. The minimum absolute atomic E-state index is 0.0171. The van der Waals surface area contributed by atoms with Crippen LogP contribution in [0.5, 0.6) is 11.5 Å². The fraction of sp³-hybridized carbons (Fsp3) is 0.269. The number of nitrogens with one attached hydrogen (secondary N) is 2. The van der Waals surface area contributed by atoms with E-state index >= 15 is 0 Å². The zero-order valence-electron chi connectivity index (χ0n) is 19.7. The standard InChI is InChI=1S/C26H29N3O5S/c1-29(2)18-23(19-8-4-3-5-9-19)28-35(31,32)22-11-6-10-20(16-22)26(30)27-21-12-13-24-25(17-21)34-15-7-14-33-24/h3-6,8-13,16-17,23,28H,7,14-15,18H2,1-2H3,(H,27,30)/t23-/m0/s1. The molecule has 35 heavy (non-hydrogen) atoms. The average Bonchev–Trinajstić information content (AvgIpc) is 3.09. The third-order valence-corrected chi connectivity index (χ3v) is 6.93. The van der Waals surface area contributed by atoms with Crippen molar-refractivity contribution in [1.29, 1.82) is 0 Å². The summed E-state index contributed by atoms with van der Waals surface area (Å²) in [7, 11) is -0.124.